The van der Waals surface area contributed by atoms with Crippen LogP contribution in [0.1, 0.15) is 49.5 Å². The molecule has 0 aromatic heterocycles. The second-order valence-corrected chi connectivity index (χ2v) is 8.76. The van der Waals surface area contributed by atoms with Crippen molar-refractivity contribution in [2.45, 2.75) is 44.9 Å². The first-order chi connectivity index (χ1) is 14.8. The molecular formula is C23H30N2O5S. The topological polar surface area (TPSA) is 92.8 Å². The summed E-state index contributed by atoms with van der Waals surface area (Å²) in [6.45, 7) is 6.44. The normalized spacial score (nSPS) is 11.1. The molecule has 0 spiro atoms. The van der Waals surface area contributed by atoms with Gasteiger partial charge in [0.15, 0.2) is 6.61 Å². The first-order valence-electron chi connectivity index (χ1n) is 10.5. The zero-order valence-corrected chi connectivity index (χ0v) is 19.1. The Bertz CT molecular complexity index is 983. The quantitative estimate of drug-likeness (QED) is 0.529. The number of benzene rings is 2. The molecule has 2 aromatic rings. The van der Waals surface area contributed by atoms with Gasteiger partial charge in [-0.15, -0.1) is 0 Å². The highest BCUT2D eigenvalue weighted by atomic mass is 32.2. The molecule has 8 heteroatoms. The van der Waals surface area contributed by atoms with Gasteiger partial charge in [0.25, 0.3) is 15.9 Å². The summed E-state index contributed by atoms with van der Waals surface area (Å²) in [7, 11) is -3.88. The molecule has 0 bridgehead atoms. The van der Waals surface area contributed by atoms with Crippen LogP contribution in [0.4, 0.5) is 5.69 Å². The highest BCUT2D eigenvalue weighted by molar-refractivity contribution is 7.92. The number of aryl methyl sites for hydroxylation is 1. The molecule has 0 heterocycles. The van der Waals surface area contributed by atoms with Gasteiger partial charge in [0.1, 0.15) is 0 Å². The largest absolute Gasteiger partial charge is 0.452 e. The fourth-order valence-electron chi connectivity index (χ4n) is 3.00. The van der Waals surface area contributed by atoms with Gasteiger partial charge in [0, 0.05) is 18.8 Å². The van der Waals surface area contributed by atoms with Crippen LogP contribution in [0.2, 0.25) is 0 Å². The fourth-order valence-corrected chi connectivity index (χ4v) is 4.11. The maximum absolute atomic E-state index is 12.7. The molecule has 0 fully saturated rings. The molecule has 2 aromatic carbocycles. The molecular weight excluding hydrogens is 416 g/mol. The van der Waals surface area contributed by atoms with E-state index >= 15 is 0 Å². The predicted molar refractivity (Wildman–Crippen MR) is 121 cm³/mol. The third-order valence-corrected chi connectivity index (χ3v) is 6.23. The summed E-state index contributed by atoms with van der Waals surface area (Å²) in [5, 5.41) is 0. The zero-order valence-electron chi connectivity index (χ0n) is 18.3. The standard InChI is InChI=1S/C23H30N2O5S/c1-4-7-9-18-12-14-20(15-13-18)24-31(28,29)21-11-8-10-19(16-21)23(27)30-17-22(26)25(5-2)6-3/h8,10-16,24H,4-7,9,17H2,1-3H3. The molecule has 0 radical (unpaired) electrons. The van der Waals surface area contributed by atoms with Crippen LogP contribution in [-0.2, 0) is 26.0 Å². The van der Waals surface area contributed by atoms with Crippen molar-refractivity contribution < 1.29 is 22.7 Å². The number of nitrogens with one attached hydrogen (secondary N) is 1. The molecule has 0 saturated carbocycles. The molecule has 0 saturated heterocycles. The summed E-state index contributed by atoms with van der Waals surface area (Å²) >= 11 is 0. The molecule has 1 N–H and O–H groups in total. The first kappa shape index (κ1) is 24.4. The zero-order chi connectivity index (χ0) is 22.9. The fraction of sp³-hybridized carbons (Fsp3) is 0.391. The summed E-state index contributed by atoms with van der Waals surface area (Å²) in [4.78, 5) is 25.8. The van der Waals surface area contributed by atoms with Crippen LogP contribution in [0, 0.1) is 0 Å². The van der Waals surface area contributed by atoms with Crippen LogP contribution in [0.3, 0.4) is 0 Å². The van der Waals surface area contributed by atoms with Gasteiger partial charge < -0.3 is 9.64 Å². The molecule has 7 nitrogen and oxygen atoms in total. The Morgan fingerprint density at radius 2 is 1.68 bits per heavy atom. The molecule has 2 rings (SSSR count). The summed E-state index contributed by atoms with van der Waals surface area (Å²) in [5.41, 5.74) is 1.65. The van der Waals surface area contributed by atoms with Crippen LogP contribution in [0.15, 0.2) is 53.4 Å². The van der Waals surface area contributed by atoms with E-state index in [1.165, 1.54) is 24.3 Å². The molecule has 0 aliphatic carbocycles. The molecule has 168 valence electrons. The molecule has 0 aliphatic heterocycles. The number of carbonyl (C=O) groups is 2. The van der Waals surface area contributed by atoms with Crippen molar-refractivity contribution in [2.24, 2.45) is 0 Å². The molecule has 0 aliphatic rings. The molecule has 0 atom stereocenters. The van der Waals surface area contributed by atoms with Crippen molar-refractivity contribution in [3.05, 3.63) is 59.7 Å². The summed E-state index contributed by atoms with van der Waals surface area (Å²) in [6.07, 6.45) is 3.12. The van der Waals surface area contributed by atoms with Gasteiger partial charge in [-0.2, -0.15) is 0 Å². The Morgan fingerprint density at radius 3 is 2.29 bits per heavy atom. The minimum Gasteiger partial charge on any atom is -0.452 e. The Morgan fingerprint density at radius 1 is 1.00 bits per heavy atom. The highest BCUT2D eigenvalue weighted by Gasteiger charge is 2.18. The van der Waals surface area contributed by atoms with Crippen molar-refractivity contribution in [3.8, 4) is 0 Å². The van der Waals surface area contributed by atoms with Crippen LogP contribution >= 0.6 is 0 Å². The monoisotopic (exact) mass is 446 g/mol. The average molecular weight is 447 g/mol. The minimum absolute atomic E-state index is 0.0603. The van der Waals surface area contributed by atoms with Gasteiger partial charge in [0.2, 0.25) is 0 Å². The molecule has 0 unspecified atom stereocenters. The van der Waals surface area contributed by atoms with E-state index < -0.39 is 16.0 Å². The van der Waals surface area contributed by atoms with E-state index in [0.717, 1.165) is 24.8 Å². The third kappa shape index (κ3) is 7.10. The number of anilines is 1. The predicted octanol–water partition coefficient (Wildman–Crippen LogP) is 3.86. The maximum atomic E-state index is 12.7. The number of hydrogen-bond donors (Lipinski definition) is 1. The minimum atomic E-state index is -3.88. The van der Waals surface area contributed by atoms with Crippen molar-refractivity contribution in [1.29, 1.82) is 0 Å². The second kappa shape index (κ2) is 11.5. The van der Waals surface area contributed by atoms with E-state index in [2.05, 4.69) is 11.6 Å². The Labute approximate surface area is 184 Å². The van der Waals surface area contributed by atoms with Gasteiger partial charge >= 0.3 is 5.97 Å². The van der Waals surface area contributed by atoms with E-state index in [1.807, 2.05) is 26.0 Å². The number of unbranched alkanes of at least 4 members (excludes halogenated alkanes) is 1. The van der Waals surface area contributed by atoms with Crippen LogP contribution in [-0.4, -0.2) is 44.9 Å². The number of nitrogens with zero attached hydrogens (tertiary/aromatic N) is 1. The molecule has 1 amide bonds. The average Bonchev–Trinajstić information content (AvgIpc) is 2.77. The van der Waals surface area contributed by atoms with E-state index in [4.69, 9.17) is 4.74 Å². The number of hydrogen-bond acceptors (Lipinski definition) is 5. The van der Waals surface area contributed by atoms with Crippen molar-refractivity contribution in [1.82, 2.24) is 4.90 Å². The first-order valence-corrected chi connectivity index (χ1v) is 12.0. The Kier molecular flexibility index (Phi) is 9.05. The number of amides is 1. The number of likely N-dealkylation sites (N-methyl/N-ethyl adjacent to an activating group) is 1. The highest BCUT2D eigenvalue weighted by Crippen LogP contribution is 2.19. The third-order valence-electron chi connectivity index (χ3n) is 4.85. The number of ether oxygens (including phenoxy) is 1. The van der Waals surface area contributed by atoms with Crippen LogP contribution < -0.4 is 4.72 Å². The number of rotatable bonds is 11. The summed E-state index contributed by atoms with van der Waals surface area (Å²) < 4.78 is 33.1. The Hall–Kier alpha value is -2.87. The summed E-state index contributed by atoms with van der Waals surface area (Å²) in [5.74, 6) is -1.05. The lowest BCUT2D eigenvalue weighted by Gasteiger charge is -2.18. The van der Waals surface area contributed by atoms with E-state index in [1.54, 1.807) is 17.0 Å². The van der Waals surface area contributed by atoms with E-state index in [-0.39, 0.29) is 23.0 Å². The van der Waals surface area contributed by atoms with Gasteiger partial charge in [-0.3, -0.25) is 9.52 Å². The smallest absolute Gasteiger partial charge is 0.338 e. The van der Waals surface area contributed by atoms with Crippen molar-refractivity contribution in [3.63, 3.8) is 0 Å². The number of sulfonamides is 1. The van der Waals surface area contributed by atoms with Gasteiger partial charge in [-0.25, -0.2) is 13.2 Å². The van der Waals surface area contributed by atoms with Crippen LogP contribution in [0.25, 0.3) is 0 Å². The SMILES string of the molecule is CCCCc1ccc(NS(=O)(=O)c2cccc(C(=O)OCC(=O)N(CC)CC)c2)cc1. The summed E-state index contributed by atoms with van der Waals surface area (Å²) in [6, 6.07) is 12.8. The van der Waals surface area contributed by atoms with Crippen molar-refractivity contribution >= 4 is 27.6 Å². The number of carbonyl (C=O) groups excluding carboxylic acids is 2. The van der Waals surface area contributed by atoms with Gasteiger partial charge in [-0.05, 0) is 62.6 Å². The van der Waals surface area contributed by atoms with Gasteiger partial charge in [-0.1, -0.05) is 31.5 Å². The van der Waals surface area contributed by atoms with E-state index in [0.29, 0.717) is 18.8 Å². The van der Waals surface area contributed by atoms with Gasteiger partial charge in [0.05, 0.1) is 10.5 Å². The van der Waals surface area contributed by atoms with E-state index in [9.17, 15) is 18.0 Å². The maximum Gasteiger partial charge on any atom is 0.338 e. The Balaban J connectivity index is 2.07. The lowest BCUT2D eigenvalue weighted by Crippen LogP contribution is -2.34. The number of esters is 1. The lowest BCUT2D eigenvalue weighted by atomic mass is 10.1. The molecule has 31 heavy (non-hydrogen) atoms. The second-order valence-electron chi connectivity index (χ2n) is 7.08. The van der Waals surface area contributed by atoms with Crippen LogP contribution in [0.5, 0.6) is 0 Å². The lowest BCUT2D eigenvalue weighted by molar-refractivity contribution is -0.134. The van der Waals surface area contributed by atoms with Crippen molar-refractivity contribution in [2.75, 3.05) is 24.4 Å².